The zero-order valence-electron chi connectivity index (χ0n) is 9.69. The number of rotatable bonds is 6. The normalized spacial score (nSPS) is 10.4. The van der Waals surface area contributed by atoms with Gasteiger partial charge in [-0.3, -0.25) is 10.1 Å². The number of anilines is 1. The second-order valence-electron chi connectivity index (χ2n) is 3.30. The first-order chi connectivity index (χ1) is 7.61. The van der Waals surface area contributed by atoms with Gasteiger partial charge < -0.3 is 10.1 Å². The van der Waals surface area contributed by atoms with Crippen LogP contribution in [0.5, 0.6) is 0 Å². The van der Waals surface area contributed by atoms with Gasteiger partial charge in [-0.1, -0.05) is 6.92 Å². The molecule has 7 nitrogen and oxygen atoms in total. The van der Waals surface area contributed by atoms with Crippen LogP contribution in [-0.4, -0.2) is 35.0 Å². The standard InChI is InChI=1S/C9H16N4O3/c1-4-7-8(13(14)15)9(12(2)11-7)10-5-6-16-3/h10H,4-6H2,1-3H3. The van der Waals surface area contributed by atoms with Crippen molar-refractivity contribution in [3.05, 3.63) is 15.8 Å². The Morgan fingerprint density at radius 1 is 1.62 bits per heavy atom. The summed E-state index contributed by atoms with van der Waals surface area (Å²) in [6, 6.07) is 0. The van der Waals surface area contributed by atoms with Crippen LogP contribution in [0.4, 0.5) is 11.5 Å². The molecule has 0 saturated carbocycles. The van der Waals surface area contributed by atoms with Crippen molar-refractivity contribution in [3.63, 3.8) is 0 Å². The van der Waals surface area contributed by atoms with Crippen LogP contribution in [0.2, 0.25) is 0 Å². The third kappa shape index (κ3) is 2.48. The van der Waals surface area contributed by atoms with Gasteiger partial charge in [-0.2, -0.15) is 5.10 Å². The molecule has 16 heavy (non-hydrogen) atoms. The molecule has 0 aliphatic heterocycles. The van der Waals surface area contributed by atoms with Crippen LogP contribution in [0.25, 0.3) is 0 Å². The van der Waals surface area contributed by atoms with E-state index < -0.39 is 4.92 Å². The Bertz CT molecular complexity index is 375. The van der Waals surface area contributed by atoms with Gasteiger partial charge in [0, 0.05) is 20.7 Å². The molecule has 0 unspecified atom stereocenters. The molecule has 1 heterocycles. The molecular formula is C9H16N4O3. The molecule has 0 atom stereocenters. The molecule has 0 saturated heterocycles. The van der Waals surface area contributed by atoms with Crippen molar-refractivity contribution in [3.8, 4) is 0 Å². The molecule has 1 N–H and O–H groups in total. The van der Waals surface area contributed by atoms with Crippen LogP contribution in [0.3, 0.4) is 0 Å². The van der Waals surface area contributed by atoms with E-state index in [-0.39, 0.29) is 5.69 Å². The van der Waals surface area contributed by atoms with Crippen molar-refractivity contribution in [1.82, 2.24) is 9.78 Å². The zero-order chi connectivity index (χ0) is 12.1. The van der Waals surface area contributed by atoms with E-state index in [1.807, 2.05) is 6.92 Å². The molecule has 90 valence electrons. The molecular weight excluding hydrogens is 212 g/mol. The summed E-state index contributed by atoms with van der Waals surface area (Å²) < 4.78 is 6.37. The number of hydrogen-bond donors (Lipinski definition) is 1. The van der Waals surface area contributed by atoms with E-state index in [9.17, 15) is 10.1 Å². The Kier molecular flexibility index (Phi) is 4.24. The first kappa shape index (κ1) is 12.4. The summed E-state index contributed by atoms with van der Waals surface area (Å²) in [6.45, 7) is 2.85. The van der Waals surface area contributed by atoms with Gasteiger partial charge >= 0.3 is 5.69 Å². The predicted molar refractivity (Wildman–Crippen MR) is 59.6 cm³/mol. The van der Waals surface area contributed by atoms with E-state index in [1.54, 1.807) is 14.2 Å². The fourth-order valence-electron chi connectivity index (χ4n) is 1.47. The van der Waals surface area contributed by atoms with Gasteiger partial charge in [0.2, 0.25) is 5.82 Å². The number of ether oxygens (including phenoxy) is 1. The lowest BCUT2D eigenvalue weighted by Crippen LogP contribution is -2.11. The minimum absolute atomic E-state index is 0.0566. The fourth-order valence-corrected chi connectivity index (χ4v) is 1.47. The lowest BCUT2D eigenvalue weighted by Gasteiger charge is -2.04. The molecule has 0 bridgehead atoms. The van der Waals surface area contributed by atoms with Crippen LogP contribution in [0, 0.1) is 10.1 Å². The summed E-state index contributed by atoms with van der Waals surface area (Å²) in [4.78, 5) is 10.5. The highest BCUT2D eigenvalue weighted by Gasteiger charge is 2.24. The minimum Gasteiger partial charge on any atom is -0.383 e. The zero-order valence-corrected chi connectivity index (χ0v) is 9.69. The molecule has 0 spiro atoms. The van der Waals surface area contributed by atoms with Gasteiger partial charge in [-0.25, -0.2) is 4.68 Å². The smallest absolute Gasteiger partial charge is 0.333 e. The van der Waals surface area contributed by atoms with Crippen LogP contribution in [0.15, 0.2) is 0 Å². The van der Waals surface area contributed by atoms with Gasteiger partial charge in [-0.05, 0) is 6.42 Å². The SMILES string of the molecule is CCc1nn(C)c(NCCOC)c1[N+](=O)[O-]. The molecule has 1 aromatic heterocycles. The summed E-state index contributed by atoms with van der Waals surface area (Å²) >= 11 is 0. The summed E-state index contributed by atoms with van der Waals surface area (Å²) in [5, 5.41) is 18.0. The van der Waals surface area contributed by atoms with Crippen molar-refractivity contribution in [1.29, 1.82) is 0 Å². The van der Waals surface area contributed by atoms with Crippen LogP contribution in [0.1, 0.15) is 12.6 Å². The Morgan fingerprint density at radius 2 is 2.31 bits per heavy atom. The largest absolute Gasteiger partial charge is 0.383 e. The number of methoxy groups -OCH3 is 1. The monoisotopic (exact) mass is 228 g/mol. The lowest BCUT2D eigenvalue weighted by molar-refractivity contribution is -0.384. The van der Waals surface area contributed by atoms with Crippen molar-refractivity contribution < 1.29 is 9.66 Å². The van der Waals surface area contributed by atoms with Gasteiger partial charge in [-0.15, -0.1) is 0 Å². The lowest BCUT2D eigenvalue weighted by atomic mass is 10.3. The highest BCUT2D eigenvalue weighted by atomic mass is 16.6. The van der Waals surface area contributed by atoms with E-state index in [4.69, 9.17) is 4.74 Å². The number of nitrogens with one attached hydrogen (secondary N) is 1. The van der Waals surface area contributed by atoms with E-state index >= 15 is 0 Å². The number of aryl methyl sites for hydroxylation is 2. The van der Waals surface area contributed by atoms with Crippen LogP contribution < -0.4 is 5.32 Å². The fraction of sp³-hybridized carbons (Fsp3) is 0.667. The average Bonchev–Trinajstić information content (AvgIpc) is 2.56. The van der Waals surface area contributed by atoms with Gasteiger partial charge in [0.1, 0.15) is 5.69 Å². The summed E-state index contributed by atoms with van der Waals surface area (Å²) in [5.41, 5.74) is 0.550. The second-order valence-corrected chi connectivity index (χ2v) is 3.30. The Labute approximate surface area is 93.5 Å². The third-order valence-corrected chi connectivity index (χ3v) is 2.21. The number of nitrogens with zero attached hydrogens (tertiary/aromatic N) is 3. The van der Waals surface area contributed by atoms with Gasteiger partial charge in [0.25, 0.3) is 0 Å². The Morgan fingerprint density at radius 3 is 2.81 bits per heavy atom. The number of aromatic nitrogens is 2. The van der Waals surface area contributed by atoms with E-state index in [2.05, 4.69) is 10.4 Å². The molecule has 7 heteroatoms. The summed E-state index contributed by atoms with van der Waals surface area (Å²) in [7, 11) is 3.26. The van der Waals surface area contributed by atoms with Gasteiger partial charge in [0.05, 0.1) is 11.5 Å². The van der Waals surface area contributed by atoms with E-state index in [1.165, 1.54) is 4.68 Å². The quantitative estimate of drug-likeness (QED) is 0.445. The van der Waals surface area contributed by atoms with Crippen LogP contribution in [-0.2, 0) is 18.2 Å². The van der Waals surface area contributed by atoms with Crippen LogP contribution >= 0.6 is 0 Å². The predicted octanol–water partition coefficient (Wildman–Crippen LogP) is 0.949. The first-order valence-electron chi connectivity index (χ1n) is 5.04. The van der Waals surface area contributed by atoms with E-state index in [0.717, 1.165) is 0 Å². The summed E-state index contributed by atoms with van der Waals surface area (Å²) in [6.07, 6.45) is 0.538. The maximum Gasteiger partial charge on any atom is 0.333 e. The van der Waals surface area contributed by atoms with Crippen molar-refractivity contribution >= 4 is 11.5 Å². The molecule has 0 amide bonds. The topological polar surface area (TPSA) is 82.2 Å². The maximum atomic E-state index is 10.9. The summed E-state index contributed by atoms with van der Waals surface area (Å²) in [5.74, 6) is 0.430. The third-order valence-electron chi connectivity index (χ3n) is 2.21. The first-order valence-corrected chi connectivity index (χ1v) is 5.04. The Balaban J connectivity index is 2.96. The Hall–Kier alpha value is -1.63. The molecule has 0 aromatic carbocycles. The molecule has 0 aliphatic rings. The second kappa shape index (κ2) is 5.45. The van der Waals surface area contributed by atoms with Crippen molar-refractivity contribution in [2.24, 2.45) is 7.05 Å². The molecule has 0 radical (unpaired) electrons. The average molecular weight is 228 g/mol. The maximum absolute atomic E-state index is 10.9. The number of nitro groups is 1. The molecule has 1 aromatic rings. The van der Waals surface area contributed by atoms with Crippen molar-refractivity contribution in [2.45, 2.75) is 13.3 Å². The highest BCUT2D eigenvalue weighted by Crippen LogP contribution is 2.27. The minimum atomic E-state index is -0.402. The van der Waals surface area contributed by atoms with Crippen molar-refractivity contribution in [2.75, 3.05) is 25.6 Å². The van der Waals surface area contributed by atoms with E-state index in [0.29, 0.717) is 31.1 Å². The number of hydrogen-bond acceptors (Lipinski definition) is 5. The molecule has 0 fully saturated rings. The molecule has 1 rings (SSSR count). The molecule has 0 aliphatic carbocycles. The van der Waals surface area contributed by atoms with Gasteiger partial charge in [0.15, 0.2) is 0 Å². The highest BCUT2D eigenvalue weighted by molar-refractivity contribution is 5.59.